The van der Waals surface area contributed by atoms with E-state index in [-0.39, 0.29) is 29.7 Å². The molecule has 0 aliphatic heterocycles. The smallest absolute Gasteiger partial charge is 0.268 e. The normalized spacial score (nSPS) is 17.6. The number of aliphatic hydroxyl groups is 1. The molecule has 3 aromatic rings. The monoisotopic (exact) mass is 564 g/mol. The molecule has 4 rings (SSSR count). The Morgan fingerprint density at radius 3 is 2.61 bits per heavy atom. The molecule has 0 spiro atoms. The zero-order valence-electron chi connectivity index (χ0n) is 25.1. The number of hydrogen-bond donors (Lipinski definition) is 6. The lowest BCUT2D eigenvalue weighted by Gasteiger charge is -2.52. The van der Waals surface area contributed by atoms with Gasteiger partial charge in [-0.25, -0.2) is 4.98 Å². The summed E-state index contributed by atoms with van der Waals surface area (Å²) < 4.78 is 0. The average molecular weight is 565 g/mol. The first-order valence-corrected chi connectivity index (χ1v) is 15.2. The summed E-state index contributed by atoms with van der Waals surface area (Å²) in [7, 11) is 1.66. The summed E-state index contributed by atoms with van der Waals surface area (Å²) in [4.78, 5) is 36.0. The highest BCUT2D eigenvalue weighted by molar-refractivity contribution is 5.98. The Morgan fingerprint density at radius 1 is 1.17 bits per heavy atom. The summed E-state index contributed by atoms with van der Waals surface area (Å²) in [6, 6.07) is 9.38. The van der Waals surface area contributed by atoms with Gasteiger partial charge in [-0.3, -0.25) is 14.9 Å². The first-order valence-electron chi connectivity index (χ1n) is 15.2. The van der Waals surface area contributed by atoms with Crippen LogP contribution in [0.5, 0.6) is 0 Å². The number of nitrogens with zero attached hydrogens (tertiary/aromatic N) is 1. The van der Waals surface area contributed by atoms with E-state index in [0.717, 1.165) is 55.3 Å². The number of rotatable bonds is 14. The van der Waals surface area contributed by atoms with Crippen molar-refractivity contribution in [2.45, 2.75) is 90.3 Å². The second-order valence-electron chi connectivity index (χ2n) is 12.4. The lowest BCUT2D eigenvalue weighted by atomic mass is 9.62. The quantitative estimate of drug-likeness (QED) is 0.158. The predicted molar refractivity (Wildman–Crippen MR) is 162 cm³/mol. The molecule has 3 atom stereocenters. The van der Waals surface area contributed by atoms with Crippen molar-refractivity contribution in [3.8, 4) is 0 Å². The molecule has 1 fully saturated rings. The Hall–Kier alpha value is -3.17. The SMILES string of the molecule is CNC(=O)CCC[C@H](C)C(C)(C)C(O)(NCC(Cc1ncc[nH]1)NC(=O)c1cc2ccccc2[nH]1)C1CCCCC1. The van der Waals surface area contributed by atoms with Gasteiger partial charge >= 0.3 is 0 Å². The molecule has 0 radical (unpaired) electrons. The Balaban J connectivity index is 1.53. The van der Waals surface area contributed by atoms with Gasteiger partial charge in [0.25, 0.3) is 5.91 Å². The van der Waals surface area contributed by atoms with Gasteiger partial charge in [-0.2, -0.15) is 0 Å². The molecule has 1 aliphatic carbocycles. The van der Waals surface area contributed by atoms with Gasteiger partial charge in [-0.15, -0.1) is 0 Å². The highest BCUT2D eigenvalue weighted by Crippen LogP contribution is 2.47. The van der Waals surface area contributed by atoms with Crippen LogP contribution in [0.25, 0.3) is 10.9 Å². The lowest BCUT2D eigenvalue weighted by Crippen LogP contribution is -2.65. The van der Waals surface area contributed by atoms with Crippen LogP contribution in [0.3, 0.4) is 0 Å². The van der Waals surface area contributed by atoms with Crippen LogP contribution in [0.4, 0.5) is 0 Å². The minimum absolute atomic E-state index is 0.0437. The summed E-state index contributed by atoms with van der Waals surface area (Å²) in [6.07, 6.45) is 11.4. The van der Waals surface area contributed by atoms with Crippen LogP contribution in [-0.4, -0.2) is 57.2 Å². The molecule has 2 unspecified atom stereocenters. The van der Waals surface area contributed by atoms with Gasteiger partial charge in [0.2, 0.25) is 5.91 Å². The summed E-state index contributed by atoms with van der Waals surface area (Å²) in [5, 5.41) is 23.1. The van der Waals surface area contributed by atoms with E-state index in [2.05, 4.69) is 51.7 Å². The summed E-state index contributed by atoms with van der Waals surface area (Å²) >= 11 is 0. The summed E-state index contributed by atoms with van der Waals surface area (Å²) in [6.45, 7) is 6.85. The number of H-pyrrole nitrogens is 2. The van der Waals surface area contributed by atoms with Crippen LogP contribution >= 0.6 is 0 Å². The third-order valence-corrected chi connectivity index (χ3v) is 9.45. The van der Waals surface area contributed by atoms with E-state index in [4.69, 9.17) is 0 Å². The standard InChI is InChI=1S/C32H48N6O3/c1-22(11-10-16-29(39)33-4)31(2,3)32(41,24-13-6-5-7-14-24)36-21-25(20-28-34-17-18-35-28)37-30(40)27-19-23-12-8-9-15-26(23)38-27/h8-9,12,15,17-19,22,24-25,36,38,41H,5-7,10-11,13-14,16,20-21H2,1-4H3,(H,33,39)(H,34,35)(H,37,40)/t22-,25?,32?/m0/s1. The van der Waals surface area contributed by atoms with Crippen LogP contribution in [0.1, 0.15) is 88.5 Å². The molecular weight excluding hydrogens is 516 g/mol. The maximum Gasteiger partial charge on any atom is 0.268 e. The second-order valence-corrected chi connectivity index (χ2v) is 12.4. The molecule has 0 bridgehead atoms. The molecule has 41 heavy (non-hydrogen) atoms. The highest BCUT2D eigenvalue weighted by atomic mass is 16.3. The maximum absolute atomic E-state index is 13.4. The Kier molecular flexibility index (Phi) is 10.3. The number of para-hydroxylation sites is 1. The zero-order chi connectivity index (χ0) is 29.5. The number of fused-ring (bicyclic) bond motifs is 1. The summed E-state index contributed by atoms with van der Waals surface area (Å²) in [5.41, 5.74) is -0.207. The van der Waals surface area contributed by atoms with Gasteiger partial charge in [-0.05, 0) is 43.7 Å². The molecule has 1 aliphatic rings. The Morgan fingerprint density at radius 2 is 1.93 bits per heavy atom. The molecule has 1 saturated carbocycles. The number of amides is 2. The number of nitrogens with one attached hydrogen (secondary N) is 5. The number of hydrogen-bond acceptors (Lipinski definition) is 5. The fourth-order valence-electron chi connectivity index (χ4n) is 6.40. The predicted octanol–water partition coefficient (Wildman–Crippen LogP) is 4.67. The van der Waals surface area contributed by atoms with Crippen molar-refractivity contribution in [3.05, 3.63) is 54.2 Å². The van der Waals surface area contributed by atoms with Crippen LogP contribution in [-0.2, 0) is 11.2 Å². The lowest BCUT2D eigenvalue weighted by molar-refractivity contribution is -0.167. The van der Waals surface area contributed by atoms with Crippen molar-refractivity contribution >= 4 is 22.7 Å². The van der Waals surface area contributed by atoms with E-state index in [1.807, 2.05) is 30.3 Å². The van der Waals surface area contributed by atoms with E-state index >= 15 is 0 Å². The second kappa shape index (κ2) is 13.7. The van der Waals surface area contributed by atoms with Crippen molar-refractivity contribution in [1.29, 1.82) is 0 Å². The number of carbonyl (C=O) groups excluding carboxylic acids is 2. The third-order valence-electron chi connectivity index (χ3n) is 9.45. The van der Waals surface area contributed by atoms with E-state index in [1.165, 1.54) is 6.42 Å². The molecular formula is C32H48N6O3. The summed E-state index contributed by atoms with van der Waals surface area (Å²) in [5.74, 6) is 0.888. The van der Waals surface area contributed by atoms with Gasteiger partial charge in [0.1, 0.15) is 17.2 Å². The molecule has 2 amide bonds. The number of imidazole rings is 1. The highest BCUT2D eigenvalue weighted by Gasteiger charge is 2.51. The van der Waals surface area contributed by atoms with Crippen LogP contribution in [0, 0.1) is 17.3 Å². The minimum Gasteiger partial charge on any atom is -0.375 e. The van der Waals surface area contributed by atoms with Crippen molar-refractivity contribution in [2.24, 2.45) is 17.3 Å². The molecule has 9 heteroatoms. The largest absolute Gasteiger partial charge is 0.375 e. The van der Waals surface area contributed by atoms with E-state index < -0.39 is 11.1 Å². The average Bonchev–Trinajstić information content (AvgIpc) is 3.66. The van der Waals surface area contributed by atoms with Crippen LogP contribution in [0.2, 0.25) is 0 Å². The first-order chi connectivity index (χ1) is 19.6. The van der Waals surface area contributed by atoms with E-state index in [9.17, 15) is 14.7 Å². The Labute approximate surface area is 243 Å². The molecule has 1 aromatic carbocycles. The fraction of sp³-hybridized carbons (Fsp3) is 0.594. The zero-order valence-corrected chi connectivity index (χ0v) is 25.1. The fourth-order valence-corrected chi connectivity index (χ4v) is 6.40. The van der Waals surface area contributed by atoms with Crippen molar-refractivity contribution in [1.82, 2.24) is 30.9 Å². The molecule has 9 nitrogen and oxygen atoms in total. The van der Waals surface area contributed by atoms with Gasteiger partial charge in [0, 0.05) is 67.1 Å². The van der Waals surface area contributed by atoms with E-state index in [1.54, 1.807) is 19.4 Å². The molecule has 6 N–H and O–H groups in total. The number of aromatic nitrogens is 3. The van der Waals surface area contributed by atoms with Crippen molar-refractivity contribution in [3.63, 3.8) is 0 Å². The Bertz CT molecular complexity index is 1230. The minimum atomic E-state index is -1.15. The van der Waals surface area contributed by atoms with E-state index in [0.29, 0.717) is 25.1 Å². The molecule has 224 valence electrons. The molecule has 2 aromatic heterocycles. The van der Waals surface area contributed by atoms with Crippen LogP contribution < -0.4 is 16.0 Å². The van der Waals surface area contributed by atoms with Gasteiger partial charge in [0.15, 0.2) is 0 Å². The molecule has 0 saturated heterocycles. The third kappa shape index (κ3) is 7.38. The first kappa shape index (κ1) is 30.8. The van der Waals surface area contributed by atoms with Crippen molar-refractivity contribution in [2.75, 3.05) is 13.6 Å². The number of benzene rings is 1. The van der Waals surface area contributed by atoms with Crippen molar-refractivity contribution < 1.29 is 14.7 Å². The van der Waals surface area contributed by atoms with Gasteiger partial charge < -0.3 is 25.7 Å². The molecule has 2 heterocycles. The topological polar surface area (TPSA) is 135 Å². The maximum atomic E-state index is 13.4. The van der Waals surface area contributed by atoms with Gasteiger partial charge in [-0.1, -0.05) is 58.2 Å². The number of carbonyl (C=O) groups is 2. The van der Waals surface area contributed by atoms with Gasteiger partial charge in [0.05, 0.1) is 0 Å². The van der Waals surface area contributed by atoms with Crippen LogP contribution in [0.15, 0.2) is 42.7 Å². The number of aromatic amines is 2.